The summed E-state index contributed by atoms with van der Waals surface area (Å²) < 4.78 is 19.3. The van der Waals surface area contributed by atoms with Gasteiger partial charge in [0.1, 0.15) is 17.1 Å². The van der Waals surface area contributed by atoms with Crippen LogP contribution in [0.2, 0.25) is 5.15 Å². The Bertz CT molecular complexity index is 767. The predicted molar refractivity (Wildman–Crippen MR) is 105 cm³/mol. The summed E-state index contributed by atoms with van der Waals surface area (Å²) in [6.07, 6.45) is 1.64. The second-order valence-electron chi connectivity index (χ2n) is 6.55. The van der Waals surface area contributed by atoms with E-state index in [0.717, 1.165) is 30.2 Å². The van der Waals surface area contributed by atoms with E-state index in [4.69, 9.17) is 21.3 Å². The number of hydrogen-bond donors (Lipinski definition) is 1. The summed E-state index contributed by atoms with van der Waals surface area (Å²) >= 11 is 5.84. The molecule has 0 aliphatic carbocycles. The molecule has 5 nitrogen and oxygen atoms in total. The fourth-order valence-corrected chi connectivity index (χ4v) is 3.19. The van der Waals surface area contributed by atoms with E-state index in [-0.39, 0.29) is 18.0 Å². The fourth-order valence-electron chi connectivity index (χ4n) is 3.08. The SMILES string of the molecule is CCNC(=NCc1ccc(Cl)nc1)N1CC(C)OC(c2ccc(F)cc2)C1. The molecule has 144 valence electrons. The third-order valence-corrected chi connectivity index (χ3v) is 4.56. The van der Waals surface area contributed by atoms with Gasteiger partial charge in [-0.05, 0) is 43.2 Å². The lowest BCUT2D eigenvalue weighted by Gasteiger charge is -2.38. The zero-order valence-electron chi connectivity index (χ0n) is 15.5. The fraction of sp³-hybridized carbons (Fsp3) is 0.400. The maximum atomic E-state index is 13.2. The van der Waals surface area contributed by atoms with Gasteiger partial charge >= 0.3 is 0 Å². The molecule has 1 aliphatic rings. The summed E-state index contributed by atoms with van der Waals surface area (Å²) in [5.41, 5.74) is 1.96. The summed E-state index contributed by atoms with van der Waals surface area (Å²) in [6.45, 7) is 6.75. The number of aromatic nitrogens is 1. The van der Waals surface area contributed by atoms with Gasteiger partial charge in [0.25, 0.3) is 0 Å². The average Bonchev–Trinajstić information content (AvgIpc) is 2.66. The summed E-state index contributed by atoms with van der Waals surface area (Å²) in [5, 5.41) is 3.82. The highest BCUT2D eigenvalue weighted by Gasteiger charge is 2.28. The number of nitrogens with zero attached hydrogens (tertiary/aromatic N) is 3. The number of halogens is 2. The predicted octanol–water partition coefficient (Wildman–Crippen LogP) is 3.80. The second kappa shape index (κ2) is 9.15. The van der Waals surface area contributed by atoms with Crippen LogP contribution in [-0.4, -0.2) is 41.6 Å². The normalized spacial score (nSPS) is 20.6. The standard InChI is InChI=1S/C20H24ClFN4O/c1-3-23-20(25-11-15-4-9-19(21)24-10-15)26-12-14(2)27-18(13-26)16-5-7-17(22)8-6-16/h4-10,14,18H,3,11-13H2,1-2H3,(H,23,25). The molecule has 0 radical (unpaired) electrons. The largest absolute Gasteiger partial charge is 0.367 e. The number of nitrogens with one attached hydrogen (secondary N) is 1. The highest BCUT2D eigenvalue weighted by atomic mass is 35.5. The number of benzene rings is 1. The van der Waals surface area contributed by atoms with Crippen molar-refractivity contribution in [2.45, 2.75) is 32.6 Å². The highest BCUT2D eigenvalue weighted by molar-refractivity contribution is 6.29. The van der Waals surface area contributed by atoms with Crippen LogP contribution in [0.1, 0.15) is 31.1 Å². The van der Waals surface area contributed by atoms with E-state index in [1.165, 1.54) is 12.1 Å². The summed E-state index contributed by atoms with van der Waals surface area (Å²) in [4.78, 5) is 11.0. The highest BCUT2D eigenvalue weighted by Crippen LogP contribution is 2.25. The van der Waals surface area contributed by atoms with E-state index in [1.807, 2.05) is 19.9 Å². The molecule has 1 fully saturated rings. The first-order chi connectivity index (χ1) is 13.0. The number of guanidine groups is 1. The van der Waals surface area contributed by atoms with Crippen molar-refractivity contribution < 1.29 is 9.13 Å². The lowest BCUT2D eigenvalue weighted by molar-refractivity contribution is -0.0605. The Morgan fingerprint density at radius 2 is 2.07 bits per heavy atom. The minimum absolute atomic E-state index is 0.0369. The first-order valence-electron chi connectivity index (χ1n) is 9.09. The van der Waals surface area contributed by atoms with Crippen molar-refractivity contribution in [2.24, 2.45) is 4.99 Å². The van der Waals surface area contributed by atoms with Crippen molar-refractivity contribution in [3.63, 3.8) is 0 Å². The van der Waals surface area contributed by atoms with Gasteiger partial charge in [0.05, 0.1) is 19.2 Å². The molecule has 0 saturated carbocycles. The number of ether oxygens (including phenoxy) is 1. The van der Waals surface area contributed by atoms with Crippen LogP contribution in [0.5, 0.6) is 0 Å². The van der Waals surface area contributed by atoms with Gasteiger partial charge in [-0.2, -0.15) is 0 Å². The van der Waals surface area contributed by atoms with Gasteiger partial charge in [-0.3, -0.25) is 0 Å². The van der Waals surface area contributed by atoms with E-state index in [0.29, 0.717) is 18.2 Å². The Labute approximate surface area is 164 Å². The molecule has 1 N–H and O–H groups in total. The van der Waals surface area contributed by atoms with Crippen LogP contribution in [0.3, 0.4) is 0 Å². The molecule has 0 bridgehead atoms. The Balaban J connectivity index is 1.75. The maximum Gasteiger partial charge on any atom is 0.194 e. The van der Waals surface area contributed by atoms with E-state index in [1.54, 1.807) is 24.4 Å². The molecule has 3 rings (SSSR count). The Hall–Kier alpha value is -2.18. The van der Waals surface area contributed by atoms with E-state index < -0.39 is 0 Å². The van der Waals surface area contributed by atoms with Crippen LogP contribution >= 0.6 is 11.6 Å². The van der Waals surface area contributed by atoms with E-state index >= 15 is 0 Å². The molecule has 1 aromatic heterocycles. The molecule has 2 heterocycles. The monoisotopic (exact) mass is 390 g/mol. The second-order valence-corrected chi connectivity index (χ2v) is 6.94. The summed E-state index contributed by atoms with van der Waals surface area (Å²) in [7, 11) is 0. The van der Waals surface area contributed by atoms with Crippen LogP contribution < -0.4 is 5.32 Å². The smallest absolute Gasteiger partial charge is 0.194 e. The topological polar surface area (TPSA) is 49.8 Å². The zero-order valence-corrected chi connectivity index (χ0v) is 16.3. The van der Waals surface area contributed by atoms with Crippen molar-refractivity contribution in [3.8, 4) is 0 Å². The number of pyridine rings is 1. The van der Waals surface area contributed by atoms with E-state index in [2.05, 4.69) is 15.2 Å². The van der Waals surface area contributed by atoms with Crippen molar-refractivity contribution >= 4 is 17.6 Å². The molecule has 0 spiro atoms. The number of hydrogen-bond acceptors (Lipinski definition) is 3. The van der Waals surface area contributed by atoms with Gasteiger partial charge in [0, 0.05) is 19.3 Å². The first-order valence-corrected chi connectivity index (χ1v) is 9.47. The average molecular weight is 391 g/mol. The molecule has 7 heteroatoms. The van der Waals surface area contributed by atoms with Crippen molar-refractivity contribution in [2.75, 3.05) is 19.6 Å². The van der Waals surface area contributed by atoms with Crippen LogP contribution in [0.4, 0.5) is 4.39 Å². The van der Waals surface area contributed by atoms with Crippen molar-refractivity contribution in [1.82, 2.24) is 15.2 Å². The van der Waals surface area contributed by atoms with Crippen LogP contribution in [0, 0.1) is 5.82 Å². The van der Waals surface area contributed by atoms with Crippen LogP contribution in [-0.2, 0) is 11.3 Å². The summed E-state index contributed by atoms with van der Waals surface area (Å²) in [5.74, 6) is 0.584. The van der Waals surface area contributed by atoms with Gasteiger partial charge in [0.2, 0.25) is 0 Å². The molecular formula is C20H24ClFN4O. The van der Waals surface area contributed by atoms with Gasteiger partial charge in [-0.15, -0.1) is 0 Å². The van der Waals surface area contributed by atoms with Crippen molar-refractivity contribution in [3.05, 3.63) is 64.7 Å². The Morgan fingerprint density at radius 1 is 1.30 bits per heavy atom. The third-order valence-electron chi connectivity index (χ3n) is 4.34. The lowest BCUT2D eigenvalue weighted by atomic mass is 10.1. The molecule has 1 aromatic carbocycles. The minimum atomic E-state index is -0.245. The van der Waals surface area contributed by atoms with E-state index in [9.17, 15) is 4.39 Å². The molecule has 1 saturated heterocycles. The molecule has 2 aromatic rings. The van der Waals surface area contributed by atoms with Gasteiger partial charge in [0.15, 0.2) is 5.96 Å². The molecule has 1 aliphatic heterocycles. The van der Waals surface area contributed by atoms with Crippen LogP contribution in [0.15, 0.2) is 47.6 Å². The number of aliphatic imine (C=N–C) groups is 1. The molecule has 2 unspecified atom stereocenters. The zero-order chi connectivity index (χ0) is 19.2. The van der Waals surface area contributed by atoms with Crippen LogP contribution in [0.25, 0.3) is 0 Å². The van der Waals surface area contributed by atoms with Gasteiger partial charge in [-0.25, -0.2) is 14.4 Å². The van der Waals surface area contributed by atoms with Gasteiger partial charge < -0.3 is 15.0 Å². The Morgan fingerprint density at radius 3 is 2.74 bits per heavy atom. The quantitative estimate of drug-likeness (QED) is 0.490. The lowest BCUT2D eigenvalue weighted by Crippen LogP contribution is -2.50. The van der Waals surface area contributed by atoms with Gasteiger partial charge in [-0.1, -0.05) is 29.8 Å². The number of rotatable bonds is 4. The molecule has 27 heavy (non-hydrogen) atoms. The molecule has 2 atom stereocenters. The number of morpholine rings is 1. The molecule has 0 amide bonds. The maximum absolute atomic E-state index is 13.2. The summed E-state index contributed by atoms with van der Waals surface area (Å²) in [6, 6.07) is 10.2. The van der Waals surface area contributed by atoms with Crippen molar-refractivity contribution in [1.29, 1.82) is 0 Å². The Kier molecular flexibility index (Phi) is 6.63. The minimum Gasteiger partial charge on any atom is -0.367 e. The molecular weight excluding hydrogens is 367 g/mol. The first kappa shape index (κ1) is 19.6. The third kappa shape index (κ3) is 5.40.